The van der Waals surface area contributed by atoms with Gasteiger partial charge in [-0.3, -0.25) is 9.48 Å². The molecule has 2 rings (SSSR count). The summed E-state index contributed by atoms with van der Waals surface area (Å²) in [6.45, 7) is 4.05. The predicted molar refractivity (Wildman–Crippen MR) is 77.5 cm³/mol. The molecule has 0 spiro atoms. The van der Waals surface area contributed by atoms with E-state index in [1.54, 1.807) is 24.4 Å². The Morgan fingerprint density at radius 1 is 1.35 bits per heavy atom. The minimum atomic E-state index is -0.161. The van der Waals surface area contributed by atoms with E-state index < -0.39 is 0 Å². The smallest absolute Gasteiger partial charge is 0.246 e. The Balaban J connectivity index is 1.91. The zero-order chi connectivity index (χ0) is 14.5. The second-order valence-corrected chi connectivity index (χ2v) is 4.68. The van der Waals surface area contributed by atoms with Crippen molar-refractivity contribution in [3.8, 4) is 5.75 Å². The van der Waals surface area contributed by atoms with Gasteiger partial charge in [0.2, 0.25) is 5.91 Å². The normalized spacial score (nSPS) is 10.6. The summed E-state index contributed by atoms with van der Waals surface area (Å²) in [7, 11) is 0. The van der Waals surface area contributed by atoms with Crippen LogP contribution in [0.5, 0.6) is 5.75 Å². The number of carbonyl (C=O) groups excluding carboxylic acids is 1. The Kier molecular flexibility index (Phi) is 4.24. The van der Waals surface area contributed by atoms with Crippen molar-refractivity contribution in [2.45, 2.75) is 26.5 Å². The third-order valence-electron chi connectivity index (χ3n) is 2.48. The van der Waals surface area contributed by atoms with Gasteiger partial charge in [-0.25, -0.2) is 0 Å². The molecule has 0 saturated heterocycles. The van der Waals surface area contributed by atoms with Gasteiger partial charge in [-0.1, -0.05) is 0 Å². The summed E-state index contributed by atoms with van der Waals surface area (Å²) in [6.07, 6.45) is 1.79. The van der Waals surface area contributed by atoms with Crippen molar-refractivity contribution >= 4 is 17.4 Å². The molecule has 0 aliphatic heterocycles. The SMILES string of the molecule is CC(C)Oc1ccc(NC(=O)Cn2ccc(N)n2)cc1. The Bertz CT molecular complexity index is 575. The number of hydrogen-bond donors (Lipinski definition) is 2. The highest BCUT2D eigenvalue weighted by atomic mass is 16.5. The lowest BCUT2D eigenvalue weighted by atomic mass is 10.3. The third kappa shape index (κ3) is 4.01. The fraction of sp³-hybridized carbons (Fsp3) is 0.286. The molecule has 20 heavy (non-hydrogen) atoms. The first-order chi connectivity index (χ1) is 9.52. The number of nitrogens with one attached hydrogen (secondary N) is 1. The highest BCUT2D eigenvalue weighted by Gasteiger charge is 2.05. The molecule has 0 saturated carbocycles. The molecule has 2 aromatic rings. The Labute approximate surface area is 117 Å². The number of ether oxygens (including phenoxy) is 1. The van der Waals surface area contributed by atoms with Crippen molar-refractivity contribution in [3.05, 3.63) is 36.5 Å². The molecule has 0 aliphatic carbocycles. The Hall–Kier alpha value is -2.50. The average molecular weight is 274 g/mol. The van der Waals surface area contributed by atoms with E-state index in [1.807, 2.05) is 26.0 Å². The van der Waals surface area contributed by atoms with Gasteiger partial charge in [0.1, 0.15) is 18.1 Å². The topological polar surface area (TPSA) is 82.2 Å². The van der Waals surface area contributed by atoms with Crippen LogP contribution in [-0.4, -0.2) is 21.8 Å². The lowest BCUT2D eigenvalue weighted by Crippen LogP contribution is -2.19. The summed E-state index contributed by atoms with van der Waals surface area (Å²) in [5.41, 5.74) is 6.20. The lowest BCUT2D eigenvalue weighted by Gasteiger charge is -2.10. The standard InChI is InChI=1S/C14H18N4O2/c1-10(2)20-12-5-3-11(4-6-12)16-14(19)9-18-8-7-13(15)17-18/h3-8,10H,9H2,1-2H3,(H2,15,17)(H,16,19). The zero-order valence-corrected chi connectivity index (χ0v) is 11.5. The van der Waals surface area contributed by atoms with Crippen LogP contribution in [0.2, 0.25) is 0 Å². The molecule has 0 atom stereocenters. The number of hydrogen-bond acceptors (Lipinski definition) is 4. The quantitative estimate of drug-likeness (QED) is 0.872. The molecule has 0 unspecified atom stereocenters. The van der Waals surface area contributed by atoms with E-state index in [1.165, 1.54) is 4.68 Å². The van der Waals surface area contributed by atoms with E-state index in [4.69, 9.17) is 10.5 Å². The molecule has 0 radical (unpaired) electrons. The monoisotopic (exact) mass is 274 g/mol. The van der Waals surface area contributed by atoms with Gasteiger partial charge in [-0.15, -0.1) is 0 Å². The van der Waals surface area contributed by atoms with Crippen LogP contribution in [0.3, 0.4) is 0 Å². The fourth-order valence-electron chi connectivity index (χ4n) is 1.70. The number of aromatic nitrogens is 2. The van der Waals surface area contributed by atoms with E-state index in [0.29, 0.717) is 11.5 Å². The molecule has 1 heterocycles. The van der Waals surface area contributed by atoms with Crippen LogP contribution >= 0.6 is 0 Å². The first kappa shape index (κ1) is 13.9. The maximum atomic E-state index is 11.8. The largest absolute Gasteiger partial charge is 0.491 e. The van der Waals surface area contributed by atoms with E-state index in [-0.39, 0.29) is 18.6 Å². The molecular weight excluding hydrogens is 256 g/mol. The number of rotatable bonds is 5. The van der Waals surface area contributed by atoms with Crippen LogP contribution in [-0.2, 0) is 11.3 Å². The minimum Gasteiger partial charge on any atom is -0.491 e. The Morgan fingerprint density at radius 3 is 2.60 bits per heavy atom. The summed E-state index contributed by atoms with van der Waals surface area (Å²) in [4.78, 5) is 11.8. The summed E-state index contributed by atoms with van der Waals surface area (Å²) in [5, 5.41) is 6.74. The fourth-order valence-corrected chi connectivity index (χ4v) is 1.70. The van der Waals surface area contributed by atoms with Gasteiger partial charge in [0, 0.05) is 11.9 Å². The highest BCUT2D eigenvalue weighted by Crippen LogP contribution is 2.16. The second kappa shape index (κ2) is 6.10. The van der Waals surface area contributed by atoms with Gasteiger partial charge in [-0.2, -0.15) is 5.10 Å². The molecule has 1 amide bonds. The van der Waals surface area contributed by atoms with Crippen LogP contribution in [0.1, 0.15) is 13.8 Å². The van der Waals surface area contributed by atoms with Gasteiger partial charge >= 0.3 is 0 Å². The molecule has 1 aromatic carbocycles. The first-order valence-corrected chi connectivity index (χ1v) is 6.38. The number of amides is 1. The van der Waals surface area contributed by atoms with Crippen molar-refractivity contribution in [2.75, 3.05) is 11.1 Å². The number of anilines is 2. The van der Waals surface area contributed by atoms with E-state index in [2.05, 4.69) is 10.4 Å². The van der Waals surface area contributed by atoms with Gasteiger partial charge < -0.3 is 15.8 Å². The van der Waals surface area contributed by atoms with Crippen molar-refractivity contribution in [1.29, 1.82) is 0 Å². The summed E-state index contributed by atoms with van der Waals surface area (Å²) in [6, 6.07) is 8.88. The van der Waals surface area contributed by atoms with Crippen molar-refractivity contribution in [2.24, 2.45) is 0 Å². The molecule has 0 fully saturated rings. The van der Waals surface area contributed by atoms with Crippen molar-refractivity contribution in [3.63, 3.8) is 0 Å². The minimum absolute atomic E-state index is 0.126. The first-order valence-electron chi connectivity index (χ1n) is 6.38. The number of nitrogen functional groups attached to an aromatic ring is 1. The van der Waals surface area contributed by atoms with E-state index in [0.717, 1.165) is 5.75 Å². The van der Waals surface area contributed by atoms with Gasteiger partial charge in [0.15, 0.2) is 0 Å². The van der Waals surface area contributed by atoms with Crippen molar-refractivity contribution < 1.29 is 9.53 Å². The summed E-state index contributed by atoms with van der Waals surface area (Å²) in [5.74, 6) is 1.01. The van der Waals surface area contributed by atoms with Crippen LogP contribution in [0.15, 0.2) is 36.5 Å². The van der Waals surface area contributed by atoms with E-state index >= 15 is 0 Å². The number of benzene rings is 1. The van der Waals surface area contributed by atoms with Crippen molar-refractivity contribution in [1.82, 2.24) is 9.78 Å². The van der Waals surface area contributed by atoms with Gasteiger partial charge in [0.05, 0.1) is 6.10 Å². The molecule has 6 nitrogen and oxygen atoms in total. The molecule has 106 valence electrons. The van der Waals surface area contributed by atoms with Crippen LogP contribution in [0.25, 0.3) is 0 Å². The molecule has 1 aromatic heterocycles. The number of nitrogens with zero attached hydrogens (tertiary/aromatic N) is 2. The second-order valence-electron chi connectivity index (χ2n) is 4.68. The van der Waals surface area contributed by atoms with Gasteiger partial charge in [-0.05, 0) is 44.2 Å². The van der Waals surface area contributed by atoms with Gasteiger partial charge in [0.25, 0.3) is 0 Å². The highest BCUT2D eigenvalue weighted by molar-refractivity contribution is 5.90. The number of carbonyl (C=O) groups is 1. The molecule has 3 N–H and O–H groups in total. The maximum absolute atomic E-state index is 11.8. The molecule has 6 heteroatoms. The summed E-state index contributed by atoms with van der Waals surface area (Å²) < 4.78 is 7.02. The third-order valence-corrected chi connectivity index (χ3v) is 2.48. The molecular formula is C14H18N4O2. The average Bonchev–Trinajstić information content (AvgIpc) is 2.76. The summed E-state index contributed by atoms with van der Waals surface area (Å²) >= 11 is 0. The van der Waals surface area contributed by atoms with E-state index in [9.17, 15) is 4.79 Å². The number of nitrogens with two attached hydrogens (primary N) is 1. The molecule has 0 aliphatic rings. The lowest BCUT2D eigenvalue weighted by molar-refractivity contribution is -0.116. The Morgan fingerprint density at radius 2 is 2.05 bits per heavy atom. The van der Waals surface area contributed by atoms with Crippen LogP contribution in [0, 0.1) is 0 Å². The predicted octanol–water partition coefficient (Wildman–Crippen LogP) is 1.89. The maximum Gasteiger partial charge on any atom is 0.246 e. The zero-order valence-electron chi connectivity index (χ0n) is 11.5. The molecule has 0 bridgehead atoms. The van der Waals surface area contributed by atoms with Crippen LogP contribution in [0.4, 0.5) is 11.5 Å². The van der Waals surface area contributed by atoms with Crippen LogP contribution < -0.4 is 15.8 Å².